The molecule has 0 aromatic carbocycles. The molecule has 1 aromatic heterocycles. The van der Waals surface area contributed by atoms with E-state index in [1.54, 1.807) is 12.4 Å². The van der Waals surface area contributed by atoms with Gasteiger partial charge in [-0.2, -0.15) is 0 Å². The predicted octanol–water partition coefficient (Wildman–Crippen LogP) is 2.21. The third kappa shape index (κ3) is 2.22. The van der Waals surface area contributed by atoms with Gasteiger partial charge in [-0.3, -0.25) is 9.78 Å². The molecule has 1 N–H and O–H groups in total. The van der Waals surface area contributed by atoms with Crippen LogP contribution in [0.3, 0.4) is 0 Å². The van der Waals surface area contributed by atoms with E-state index in [0.29, 0.717) is 17.9 Å². The average Bonchev–Trinajstić information content (AvgIpc) is 2.85. The first-order valence-electron chi connectivity index (χ1n) is 7.62. The van der Waals surface area contributed by atoms with Crippen molar-refractivity contribution in [3.63, 3.8) is 0 Å². The second-order valence-electron chi connectivity index (χ2n) is 6.15. The molecule has 1 saturated carbocycles. The fourth-order valence-corrected chi connectivity index (χ4v) is 4.03. The summed E-state index contributed by atoms with van der Waals surface area (Å²) in [5.74, 6) is 1.26. The lowest BCUT2D eigenvalue weighted by Crippen LogP contribution is -2.50. The van der Waals surface area contributed by atoms with Crippen molar-refractivity contribution in [2.45, 2.75) is 44.7 Å². The van der Waals surface area contributed by atoms with Gasteiger partial charge in [-0.15, -0.1) is 0 Å². The van der Waals surface area contributed by atoms with Gasteiger partial charge in [-0.05, 0) is 50.3 Å². The van der Waals surface area contributed by atoms with Gasteiger partial charge in [-0.25, -0.2) is 0 Å². The van der Waals surface area contributed by atoms with E-state index in [0.717, 1.165) is 18.5 Å². The Hall–Kier alpha value is -1.42. The molecular formula is C16H23N3O. The van der Waals surface area contributed by atoms with Crippen LogP contribution >= 0.6 is 0 Å². The maximum absolute atomic E-state index is 13.0. The molecule has 0 spiro atoms. The van der Waals surface area contributed by atoms with E-state index in [2.05, 4.69) is 17.2 Å². The molecule has 1 aliphatic heterocycles. The van der Waals surface area contributed by atoms with E-state index in [4.69, 9.17) is 0 Å². The van der Waals surface area contributed by atoms with E-state index in [9.17, 15) is 4.79 Å². The van der Waals surface area contributed by atoms with Crippen molar-refractivity contribution in [3.8, 4) is 0 Å². The summed E-state index contributed by atoms with van der Waals surface area (Å²) in [7, 11) is 1.89. The van der Waals surface area contributed by atoms with Crippen molar-refractivity contribution < 1.29 is 4.79 Å². The number of anilines is 1. The van der Waals surface area contributed by atoms with E-state index >= 15 is 0 Å². The van der Waals surface area contributed by atoms with Gasteiger partial charge in [0.2, 0.25) is 5.91 Å². The van der Waals surface area contributed by atoms with Crippen LogP contribution in [0.25, 0.3) is 0 Å². The predicted molar refractivity (Wildman–Crippen MR) is 79.5 cm³/mol. The summed E-state index contributed by atoms with van der Waals surface area (Å²) < 4.78 is 0. The minimum absolute atomic E-state index is 0.0752. The van der Waals surface area contributed by atoms with Crippen molar-refractivity contribution >= 4 is 11.6 Å². The topological polar surface area (TPSA) is 45.2 Å². The molecule has 1 saturated heterocycles. The second-order valence-corrected chi connectivity index (χ2v) is 6.15. The zero-order valence-corrected chi connectivity index (χ0v) is 12.2. The highest BCUT2D eigenvalue weighted by Crippen LogP contribution is 2.40. The SMILES string of the molecule is CNC1C(=O)N(c2ccncc2)C2CCCC2CC1C. The lowest BCUT2D eigenvalue weighted by molar-refractivity contribution is -0.121. The quantitative estimate of drug-likeness (QED) is 0.898. The first-order chi connectivity index (χ1) is 9.72. The van der Waals surface area contributed by atoms with Gasteiger partial charge in [-0.1, -0.05) is 13.3 Å². The number of pyridine rings is 1. The van der Waals surface area contributed by atoms with Crippen molar-refractivity contribution in [2.75, 3.05) is 11.9 Å². The van der Waals surface area contributed by atoms with Gasteiger partial charge >= 0.3 is 0 Å². The summed E-state index contributed by atoms with van der Waals surface area (Å²) in [5.41, 5.74) is 0.997. The summed E-state index contributed by atoms with van der Waals surface area (Å²) in [6.07, 6.45) is 8.30. The highest BCUT2D eigenvalue weighted by atomic mass is 16.2. The van der Waals surface area contributed by atoms with Crippen LogP contribution in [0.15, 0.2) is 24.5 Å². The first kappa shape index (κ1) is 13.6. The number of nitrogens with zero attached hydrogens (tertiary/aromatic N) is 2. The first-order valence-corrected chi connectivity index (χ1v) is 7.62. The van der Waals surface area contributed by atoms with Crippen LogP contribution in [0.4, 0.5) is 5.69 Å². The standard InChI is InChI=1S/C16H23N3O/c1-11-10-12-4-3-5-14(12)19(16(20)15(11)17-2)13-6-8-18-9-7-13/h6-9,11-12,14-15,17H,3-5,10H2,1-2H3. The maximum Gasteiger partial charge on any atom is 0.244 e. The van der Waals surface area contributed by atoms with E-state index in [1.165, 1.54) is 12.8 Å². The number of rotatable bonds is 2. The molecule has 0 radical (unpaired) electrons. The van der Waals surface area contributed by atoms with E-state index in [-0.39, 0.29) is 11.9 Å². The third-order valence-corrected chi connectivity index (χ3v) is 4.95. The van der Waals surface area contributed by atoms with Crippen molar-refractivity contribution in [3.05, 3.63) is 24.5 Å². The molecular weight excluding hydrogens is 250 g/mol. The zero-order chi connectivity index (χ0) is 14.1. The van der Waals surface area contributed by atoms with Gasteiger partial charge in [0.15, 0.2) is 0 Å². The normalized spacial score (nSPS) is 33.9. The van der Waals surface area contributed by atoms with Crippen molar-refractivity contribution in [2.24, 2.45) is 11.8 Å². The summed E-state index contributed by atoms with van der Waals surface area (Å²) in [4.78, 5) is 19.1. The Labute approximate surface area is 120 Å². The van der Waals surface area contributed by atoms with Crippen LogP contribution in [0, 0.1) is 11.8 Å². The number of amides is 1. The fraction of sp³-hybridized carbons (Fsp3) is 0.625. The molecule has 4 unspecified atom stereocenters. The number of carbonyl (C=O) groups is 1. The van der Waals surface area contributed by atoms with Crippen LogP contribution in [-0.2, 0) is 4.79 Å². The maximum atomic E-state index is 13.0. The molecule has 1 aromatic rings. The van der Waals surface area contributed by atoms with E-state index < -0.39 is 0 Å². The summed E-state index contributed by atoms with van der Waals surface area (Å²) in [5, 5.41) is 3.23. The Kier molecular flexibility index (Phi) is 3.74. The van der Waals surface area contributed by atoms with Crippen LogP contribution in [0.2, 0.25) is 0 Å². The molecule has 3 rings (SSSR count). The Morgan fingerprint density at radius 1 is 1.30 bits per heavy atom. The number of nitrogens with one attached hydrogen (secondary N) is 1. The molecule has 108 valence electrons. The number of carbonyl (C=O) groups excluding carboxylic acids is 1. The Balaban J connectivity index is 2.00. The van der Waals surface area contributed by atoms with Crippen LogP contribution < -0.4 is 10.2 Å². The van der Waals surface area contributed by atoms with Crippen molar-refractivity contribution in [1.82, 2.24) is 10.3 Å². The lowest BCUT2D eigenvalue weighted by atomic mass is 9.90. The molecule has 1 aliphatic carbocycles. The number of hydrogen-bond acceptors (Lipinski definition) is 3. The highest BCUT2D eigenvalue weighted by molar-refractivity contribution is 5.98. The Morgan fingerprint density at radius 2 is 2.05 bits per heavy atom. The Bertz CT molecular complexity index is 476. The zero-order valence-electron chi connectivity index (χ0n) is 12.2. The summed E-state index contributed by atoms with van der Waals surface area (Å²) in [6.45, 7) is 2.20. The average molecular weight is 273 g/mol. The van der Waals surface area contributed by atoms with Gasteiger partial charge in [0.25, 0.3) is 0 Å². The van der Waals surface area contributed by atoms with Crippen LogP contribution in [0.1, 0.15) is 32.6 Å². The van der Waals surface area contributed by atoms with Crippen molar-refractivity contribution in [1.29, 1.82) is 0 Å². The molecule has 2 heterocycles. The van der Waals surface area contributed by atoms with Crippen LogP contribution in [-0.4, -0.2) is 30.0 Å². The van der Waals surface area contributed by atoms with Gasteiger partial charge in [0, 0.05) is 24.1 Å². The number of likely N-dealkylation sites (N-methyl/N-ethyl adjacent to an activating group) is 1. The molecule has 2 fully saturated rings. The molecule has 4 nitrogen and oxygen atoms in total. The van der Waals surface area contributed by atoms with Gasteiger partial charge < -0.3 is 10.2 Å². The second kappa shape index (κ2) is 5.52. The molecule has 4 atom stereocenters. The monoisotopic (exact) mass is 273 g/mol. The minimum Gasteiger partial charge on any atom is -0.309 e. The largest absolute Gasteiger partial charge is 0.309 e. The number of hydrogen-bond donors (Lipinski definition) is 1. The van der Waals surface area contributed by atoms with Crippen LogP contribution in [0.5, 0.6) is 0 Å². The van der Waals surface area contributed by atoms with Gasteiger partial charge in [0.05, 0.1) is 6.04 Å². The van der Waals surface area contributed by atoms with Gasteiger partial charge in [0.1, 0.15) is 0 Å². The minimum atomic E-state index is -0.0752. The number of aromatic nitrogens is 1. The third-order valence-electron chi connectivity index (χ3n) is 4.95. The number of fused-ring (bicyclic) bond motifs is 1. The molecule has 20 heavy (non-hydrogen) atoms. The lowest BCUT2D eigenvalue weighted by Gasteiger charge is -2.32. The molecule has 2 aliphatic rings. The molecule has 4 heteroatoms. The molecule has 0 bridgehead atoms. The summed E-state index contributed by atoms with van der Waals surface area (Å²) >= 11 is 0. The molecule has 1 amide bonds. The smallest absolute Gasteiger partial charge is 0.244 e. The van der Waals surface area contributed by atoms with E-state index in [1.807, 2.05) is 24.1 Å². The fourth-order valence-electron chi connectivity index (χ4n) is 4.03. The summed E-state index contributed by atoms with van der Waals surface area (Å²) in [6, 6.07) is 4.20. The Morgan fingerprint density at radius 3 is 2.75 bits per heavy atom. The highest BCUT2D eigenvalue weighted by Gasteiger charge is 2.43.